The number of benzene rings is 1. The van der Waals surface area contributed by atoms with Crippen LogP contribution in [0.5, 0.6) is 17.4 Å². The van der Waals surface area contributed by atoms with E-state index in [2.05, 4.69) is 19.4 Å². The average molecular weight is 490 g/mol. The molecule has 35 heavy (non-hydrogen) atoms. The summed E-state index contributed by atoms with van der Waals surface area (Å²) in [4.78, 5) is 36.5. The molecule has 4 rings (SSSR count). The molecule has 1 N–H and O–H groups in total. The Labute approximate surface area is 199 Å². The molecule has 1 saturated heterocycles. The maximum absolute atomic E-state index is 13.1. The van der Waals surface area contributed by atoms with Crippen LogP contribution in [0.4, 0.5) is 8.78 Å². The van der Waals surface area contributed by atoms with Gasteiger partial charge in [-0.2, -0.15) is 0 Å². The lowest BCUT2D eigenvalue weighted by Crippen LogP contribution is -2.50. The van der Waals surface area contributed by atoms with Crippen molar-refractivity contribution in [3.05, 3.63) is 47.9 Å². The van der Waals surface area contributed by atoms with Gasteiger partial charge in [-0.15, -0.1) is 8.78 Å². The molecule has 0 bridgehead atoms. The largest absolute Gasteiger partial charge is 0.586 e. The van der Waals surface area contributed by atoms with Gasteiger partial charge in [0.1, 0.15) is 18.6 Å². The minimum Gasteiger partial charge on any atom is -0.475 e. The summed E-state index contributed by atoms with van der Waals surface area (Å²) >= 11 is 0. The second-order valence-corrected chi connectivity index (χ2v) is 8.67. The average Bonchev–Trinajstić information content (AvgIpc) is 3.13. The molecule has 12 heteroatoms. The Hall–Kier alpha value is -3.80. The summed E-state index contributed by atoms with van der Waals surface area (Å²) in [6.07, 6.45) is 0.350. The number of fused-ring (bicyclic) bond motifs is 1. The van der Waals surface area contributed by atoms with E-state index >= 15 is 0 Å². The minimum atomic E-state index is -3.70. The molecule has 1 aromatic carbocycles. The number of amides is 2. The molecule has 3 heterocycles. The second-order valence-electron chi connectivity index (χ2n) is 8.67. The lowest BCUT2D eigenvalue weighted by Gasteiger charge is -2.34. The van der Waals surface area contributed by atoms with Crippen LogP contribution < -0.4 is 14.2 Å². The Kier molecular flexibility index (Phi) is 6.57. The van der Waals surface area contributed by atoms with Crippen LogP contribution in [0.15, 0.2) is 36.7 Å². The molecule has 2 amide bonds. The number of rotatable bonds is 6. The van der Waals surface area contributed by atoms with Gasteiger partial charge in [0.05, 0.1) is 5.60 Å². The number of hydrogen-bond acceptors (Lipinski definition) is 8. The van der Waals surface area contributed by atoms with Crippen LogP contribution in [0.3, 0.4) is 0 Å². The number of aliphatic hydroxyl groups is 1. The number of carbonyl (C=O) groups is 2. The van der Waals surface area contributed by atoms with E-state index in [1.807, 2.05) is 0 Å². The monoisotopic (exact) mass is 490 g/mol. The second kappa shape index (κ2) is 9.45. The summed E-state index contributed by atoms with van der Waals surface area (Å²) in [6.45, 7) is 4.43. The first-order valence-electron chi connectivity index (χ1n) is 10.8. The highest BCUT2D eigenvalue weighted by Crippen LogP contribution is 2.41. The molecule has 186 valence electrons. The van der Waals surface area contributed by atoms with Crippen molar-refractivity contribution in [3.8, 4) is 17.4 Å². The van der Waals surface area contributed by atoms with Crippen molar-refractivity contribution >= 4 is 17.9 Å². The molecule has 0 radical (unpaired) electrons. The third kappa shape index (κ3) is 6.21. The molecule has 1 aromatic heterocycles. The van der Waals surface area contributed by atoms with Gasteiger partial charge in [-0.05, 0) is 37.6 Å². The molecule has 2 aromatic rings. The number of aromatic nitrogens is 2. The van der Waals surface area contributed by atoms with Gasteiger partial charge in [0.2, 0.25) is 11.8 Å². The van der Waals surface area contributed by atoms with Crippen LogP contribution in [0.2, 0.25) is 0 Å². The van der Waals surface area contributed by atoms with Gasteiger partial charge in [-0.1, -0.05) is 6.07 Å². The van der Waals surface area contributed by atoms with E-state index in [9.17, 15) is 23.5 Å². The molecule has 10 nitrogen and oxygen atoms in total. The van der Waals surface area contributed by atoms with Crippen molar-refractivity contribution in [2.75, 3.05) is 32.8 Å². The van der Waals surface area contributed by atoms with Gasteiger partial charge >= 0.3 is 6.29 Å². The summed E-state index contributed by atoms with van der Waals surface area (Å²) in [5.74, 6) is -0.588. The van der Waals surface area contributed by atoms with E-state index < -0.39 is 11.9 Å². The quantitative estimate of drug-likeness (QED) is 0.612. The maximum Gasteiger partial charge on any atom is 0.586 e. The Morgan fingerprint density at radius 2 is 1.80 bits per heavy atom. The van der Waals surface area contributed by atoms with Gasteiger partial charge < -0.3 is 29.1 Å². The summed E-state index contributed by atoms with van der Waals surface area (Å²) < 4.78 is 40.5. The van der Waals surface area contributed by atoms with Crippen molar-refractivity contribution in [2.45, 2.75) is 25.7 Å². The van der Waals surface area contributed by atoms with Crippen LogP contribution in [-0.2, 0) is 4.79 Å². The molecular weight excluding hydrogens is 466 g/mol. The van der Waals surface area contributed by atoms with Gasteiger partial charge in [0, 0.05) is 38.3 Å². The van der Waals surface area contributed by atoms with E-state index in [1.54, 1.807) is 23.6 Å². The number of nitrogens with zero attached hydrogens (tertiary/aromatic N) is 4. The molecular formula is C23H24F2N4O6. The lowest BCUT2D eigenvalue weighted by atomic mass is 10.2. The van der Waals surface area contributed by atoms with Crippen molar-refractivity contribution in [2.24, 2.45) is 0 Å². The lowest BCUT2D eigenvalue weighted by molar-refractivity contribution is -0.286. The van der Waals surface area contributed by atoms with E-state index in [0.29, 0.717) is 31.7 Å². The summed E-state index contributed by atoms with van der Waals surface area (Å²) in [5.41, 5.74) is -0.401. The van der Waals surface area contributed by atoms with E-state index in [-0.39, 0.29) is 41.5 Å². The Morgan fingerprint density at radius 3 is 2.51 bits per heavy atom. The summed E-state index contributed by atoms with van der Waals surface area (Å²) in [5, 5.41) is 9.77. The molecule has 0 unspecified atom stereocenters. The van der Waals surface area contributed by atoms with Crippen molar-refractivity contribution in [1.29, 1.82) is 0 Å². The smallest absolute Gasteiger partial charge is 0.475 e. The molecule has 1 fully saturated rings. The van der Waals surface area contributed by atoms with Crippen LogP contribution >= 0.6 is 0 Å². The number of piperazine rings is 1. The Morgan fingerprint density at radius 1 is 1.11 bits per heavy atom. The SMILES string of the molecule is CC(C)(O)COc1cc(C(=O)N2CCN(C(=O)/C=C/c3ccc4c(c3)OC(F)(F)O4)CC2)ncn1. The molecule has 2 aliphatic heterocycles. The van der Waals surface area contributed by atoms with Gasteiger partial charge in [0.15, 0.2) is 11.5 Å². The molecule has 2 aliphatic rings. The highest BCUT2D eigenvalue weighted by Gasteiger charge is 2.43. The Balaban J connectivity index is 1.30. The van der Waals surface area contributed by atoms with E-state index in [0.717, 1.165) is 0 Å². The summed E-state index contributed by atoms with van der Waals surface area (Å²) in [6, 6.07) is 5.65. The van der Waals surface area contributed by atoms with Crippen LogP contribution in [0.25, 0.3) is 6.08 Å². The Bertz CT molecular complexity index is 1140. The zero-order valence-corrected chi connectivity index (χ0v) is 19.1. The first kappa shape index (κ1) is 24.3. The fourth-order valence-corrected chi connectivity index (χ4v) is 3.42. The predicted molar refractivity (Wildman–Crippen MR) is 118 cm³/mol. The zero-order chi connectivity index (χ0) is 25.2. The van der Waals surface area contributed by atoms with Crippen LogP contribution in [0, 0.1) is 0 Å². The standard InChI is InChI=1S/C23H24F2N4O6/c1-22(2,32)13-33-19-12-16(26-14-27-19)21(31)29-9-7-28(8-10-29)20(30)6-4-15-3-5-17-18(11-15)35-23(24,25)34-17/h3-6,11-12,14,32H,7-10,13H2,1-2H3/b6-4+. The number of ether oxygens (including phenoxy) is 3. The fourth-order valence-electron chi connectivity index (χ4n) is 3.42. The third-order valence-electron chi connectivity index (χ3n) is 5.16. The summed E-state index contributed by atoms with van der Waals surface area (Å²) in [7, 11) is 0. The predicted octanol–water partition coefficient (Wildman–Crippen LogP) is 1.95. The zero-order valence-electron chi connectivity index (χ0n) is 19.1. The first-order chi connectivity index (χ1) is 16.5. The van der Waals surface area contributed by atoms with Crippen LogP contribution in [-0.4, -0.2) is 81.4 Å². The molecule has 0 spiro atoms. The van der Waals surface area contributed by atoms with Crippen LogP contribution in [0.1, 0.15) is 29.9 Å². The number of halogens is 2. The highest BCUT2D eigenvalue weighted by molar-refractivity contribution is 5.94. The van der Waals surface area contributed by atoms with Gasteiger partial charge in [0.25, 0.3) is 5.91 Å². The number of carbonyl (C=O) groups excluding carboxylic acids is 2. The topological polar surface area (TPSA) is 114 Å². The van der Waals surface area contributed by atoms with E-state index in [4.69, 9.17) is 4.74 Å². The van der Waals surface area contributed by atoms with Crippen molar-refractivity contribution < 1.29 is 37.7 Å². The maximum atomic E-state index is 13.1. The normalized spacial score (nSPS) is 17.1. The molecule has 0 atom stereocenters. The van der Waals surface area contributed by atoms with E-state index in [1.165, 1.54) is 42.7 Å². The highest BCUT2D eigenvalue weighted by atomic mass is 19.3. The third-order valence-corrected chi connectivity index (χ3v) is 5.16. The molecule has 0 saturated carbocycles. The first-order valence-corrected chi connectivity index (χ1v) is 10.8. The van der Waals surface area contributed by atoms with Crippen molar-refractivity contribution in [1.82, 2.24) is 19.8 Å². The number of alkyl halides is 2. The fraction of sp³-hybridized carbons (Fsp3) is 0.391. The van der Waals surface area contributed by atoms with Gasteiger partial charge in [-0.3, -0.25) is 9.59 Å². The van der Waals surface area contributed by atoms with Gasteiger partial charge in [-0.25, -0.2) is 9.97 Å². The molecule has 0 aliphatic carbocycles. The van der Waals surface area contributed by atoms with Crippen molar-refractivity contribution in [3.63, 3.8) is 0 Å². The minimum absolute atomic E-state index is 0.00465. The number of hydrogen-bond donors (Lipinski definition) is 1.